The molecule has 8 aromatic carbocycles. The number of amides is 16. The second-order valence-electron chi connectivity index (χ2n) is 30.4. The van der Waals surface area contributed by atoms with Crippen molar-refractivity contribution in [1.29, 1.82) is 0 Å². The molecule has 1 saturated carbocycles. The number of aromatic nitrogens is 2. The number of fused-ring (bicyclic) bond motifs is 6. The number of nitrogen functional groups attached to an aromatic ring is 1. The van der Waals surface area contributed by atoms with Crippen molar-refractivity contribution in [2.45, 2.75) is 74.1 Å². The quantitative estimate of drug-likeness (QED) is 0.0367. The molecule has 9 aliphatic rings. The van der Waals surface area contributed by atoms with E-state index in [1.807, 2.05) is 36.4 Å². The van der Waals surface area contributed by atoms with E-state index in [1.54, 1.807) is 97.1 Å². The number of rotatable bonds is 14. The van der Waals surface area contributed by atoms with Crippen molar-refractivity contribution in [2.24, 2.45) is 0 Å². The predicted octanol–water partition coefficient (Wildman–Crippen LogP) is 7.74. The van der Waals surface area contributed by atoms with Crippen molar-refractivity contribution in [1.82, 2.24) is 72.1 Å². The molecule has 16 amide bonds. The molecular weight excluding hydrogens is 1700 g/mol. The molecule has 127 heavy (non-hydrogen) atoms. The van der Waals surface area contributed by atoms with Crippen LogP contribution in [0.2, 0.25) is 5.02 Å². The number of carbonyl (C=O) groups is 12. The molecule has 19 rings (SSSR count). The maximum Gasteiger partial charge on any atom is 0.323 e. The summed E-state index contributed by atoms with van der Waals surface area (Å²) in [6.07, 6.45) is 2.33. The van der Waals surface area contributed by atoms with Crippen LogP contribution in [0.4, 0.5) is 38.2 Å². The van der Waals surface area contributed by atoms with Crippen LogP contribution in [0.25, 0.3) is 20.4 Å². The molecular formula is C90H71ClF2N16O16S2. The Kier molecular flexibility index (Phi) is 22.9. The van der Waals surface area contributed by atoms with Gasteiger partial charge in [-0.15, -0.1) is 0 Å². The average molecular weight is 1770 g/mol. The summed E-state index contributed by atoms with van der Waals surface area (Å²) in [6.45, 7) is 2.28. The molecule has 5 fully saturated rings. The number of urea groups is 4. The van der Waals surface area contributed by atoms with Gasteiger partial charge >= 0.3 is 24.1 Å². The van der Waals surface area contributed by atoms with Crippen LogP contribution in [-0.2, 0) is 45.4 Å². The lowest BCUT2D eigenvalue weighted by molar-refractivity contribution is -0.123. The zero-order valence-corrected chi connectivity index (χ0v) is 70.1. The van der Waals surface area contributed by atoms with Gasteiger partial charge in [0.25, 0.3) is 47.3 Å². The normalized spacial score (nSPS) is 19.9. The van der Waals surface area contributed by atoms with Crippen molar-refractivity contribution in [3.63, 3.8) is 0 Å². The van der Waals surface area contributed by atoms with E-state index in [0.717, 1.165) is 53.9 Å². The standard InChI is InChI=1S/C25H21N5O4S.C22H18FN3O4.C22H17N5O4S.C21H15ClFN3O4/c1-34-17-6-3-15-12-30(21(31)18(15)11-17)13-25(22(32)28-23(33)29-25)9-8-14-2-7-19-20(10-14)35-24(27-19)26-16-4-5-16;1-13-3-4-14(18(23)9-13)7-8-22(20(28)24-21(29)25-22)12-26-11-15-5-6-16(30-2)10-17(15)19(26)27;1-31-14-6-5-13-10-27(18(28)15(13)9-14)11-22(19(29)25-21(30)26-22)8-7-12-3-2-4-16-17(12)32-20(23)24-16;1-30-15-5-3-13-10-26(18(27)16(13)9-15)11-21(19(28)24-20(29)25-21)7-6-12-2-4-14(22)8-17(12)23/h2-3,6-7,10-11,16H,4-5,12-13H2,1H3,(H,26,27)(H2,28,29,32,33);3-6,9-10H,11-12H2,1-2H3,(H2,24,25,28,29);2-6,9H,10-11H2,1H3,(H2,23,24)(H2,25,26,29,30);2-5,8-9H,10-11H2,1H3,(H2,24,25,28,29)/t25-;2*22-;21-/m1111/s1. The van der Waals surface area contributed by atoms with Crippen molar-refractivity contribution >= 4 is 136 Å². The second kappa shape index (κ2) is 34.2. The Labute approximate surface area is 734 Å². The molecule has 32 nitrogen and oxygen atoms in total. The first-order valence-corrected chi connectivity index (χ1v) is 41.0. The van der Waals surface area contributed by atoms with E-state index in [1.165, 1.54) is 96.5 Å². The Bertz CT molecular complexity index is 6550. The molecule has 640 valence electrons. The Morgan fingerprint density at radius 1 is 0.449 bits per heavy atom. The molecule has 37 heteroatoms. The van der Waals surface area contributed by atoms with E-state index in [0.29, 0.717) is 86.2 Å². The minimum absolute atomic E-state index is 0.00787. The number of methoxy groups -OCH3 is 4. The topological polar surface area (TPSA) is 415 Å². The third-order valence-electron chi connectivity index (χ3n) is 21.7. The van der Waals surface area contributed by atoms with Crippen LogP contribution in [0, 0.1) is 65.9 Å². The summed E-state index contributed by atoms with van der Waals surface area (Å²) in [5.74, 6) is 19.8. The van der Waals surface area contributed by atoms with E-state index in [4.69, 9.17) is 36.3 Å². The predicted molar refractivity (Wildman–Crippen MR) is 459 cm³/mol. The van der Waals surface area contributed by atoms with Gasteiger partial charge in [0.2, 0.25) is 22.2 Å². The smallest absolute Gasteiger partial charge is 0.323 e. The molecule has 0 unspecified atom stereocenters. The van der Waals surface area contributed by atoms with Crippen molar-refractivity contribution < 1.29 is 85.3 Å². The maximum atomic E-state index is 14.2. The number of hydrogen-bond acceptors (Lipinski definition) is 22. The van der Waals surface area contributed by atoms with Gasteiger partial charge in [-0.3, -0.25) is 59.6 Å². The van der Waals surface area contributed by atoms with Gasteiger partial charge in [0.1, 0.15) is 34.6 Å². The summed E-state index contributed by atoms with van der Waals surface area (Å²) in [5, 5.41) is 23.9. The number of aryl methyl sites for hydroxylation is 1. The lowest BCUT2D eigenvalue weighted by Crippen LogP contribution is -2.54. The van der Waals surface area contributed by atoms with Crippen LogP contribution in [0.5, 0.6) is 23.0 Å². The number of hydrogen-bond donors (Lipinski definition) is 10. The van der Waals surface area contributed by atoms with Crippen molar-refractivity contribution in [3.05, 3.63) is 235 Å². The Morgan fingerprint density at radius 3 is 1.20 bits per heavy atom. The number of halogens is 3. The summed E-state index contributed by atoms with van der Waals surface area (Å²) in [5.41, 5.74) is 8.11. The van der Waals surface area contributed by atoms with Crippen LogP contribution >= 0.6 is 34.3 Å². The number of thiazole rings is 2. The van der Waals surface area contributed by atoms with E-state index in [-0.39, 0.29) is 79.0 Å². The van der Waals surface area contributed by atoms with E-state index < -0.39 is 81.5 Å². The first-order valence-electron chi connectivity index (χ1n) is 39.0. The molecule has 4 saturated heterocycles. The van der Waals surface area contributed by atoms with E-state index in [9.17, 15) is 66.3 Å². The minimum Gasteiger partial charge on any atom is -0.497 e. The highest BCUT2D eigenvalue weighted by molar-refractivity contribution is 7.22. The third-order valence-corrected chi connectivity index (χ3v) is 23.8. The minimum atomic E-state index is -1.72. The van der Waals surface area contributed by atoms with Crippen LogP contribution in [-0.4, -0.2) is 184 Å². The SMILES string of the molecule is COc1ccc2c(c1)C(=O)N(C[C@@]1(C#Cc3ccc(C)cc3F)NC(=O)NC1=O)C2.COc1ccc2c(c1)C(=O)N(C[C@@]1(C#Cc3ccc(Cl)cc3F)NC(=O)NC1=O)C2.COc1ccc2c(c1)C(=O)N(C[C@@]1(C#Cc3ccc4nc(NC5CC5)sc4c3)NC(=O)NC1=O)C2.COc1ccc2c(c1)C(=O)N(C[C@@]1(C#Cc3cccc4nc(N)sc34)NC(=O)NC1=O)C2. The fraction of sp³-hybridized carbons (Fsp3) is 0.222. The largest absolute Gasteiger partial charge is 0.497 e. The Balaban J connectivity index is 0.000000125. The fourth-order valence-electron chi connectivity index (χ4n) is 15.0. The number of nitrogens with two attached hydrogens (primary N) is 1. The van der Waals surface area contributed by atoms with Gasteiger partial charge in [0.15, 0.2) is 10.3 Å². The van der Waals surface area contributed by atoms with Gasteiger partial charge in [0.05, 0.1) is 86.2 Å². The zero-order chi connectivity index (χ0) is 89.5. The maximum absolute atomic E-state index is 14.2. The molecule has 1 aliphatic carbocycles. The third kappa shape index (κ3) is 17.5. The number of benzene rings is 8. The number of anilines is 2. The van der Waals surface area contributed by atoms with Crippen molar-refractivity contribution in [3.8, 4) is 70.4 Å². The molecule has 10 heterocycles. The number of carbonyl (C=O) groups excluding carboxylic acids is 12. The molecule has 11 N–H and O–H groups in total. The van der Waals surface area contributed by atoms with Gasteiger partial charge < -0.3 is 70.9 Å². The Hall–Kier alpha value is -15.6. The van der Waals surface area contributed by atoms with E-state index in [2.05, 4.69) is 105 Å². The lowest BCUT2D eigenvalue weighted by atomic mass is 9.99. The van der Waals surface area contributed by atoms with Gasteiger partial charge in [-0.25, -0.2) is 37.9 Å². The number of nitrogens with one attached hydrogen (secondary N) is 9. The number of nitrogens with zero attached hydrogens (tertiary/aromatic N) is 6. The van der Waals surface area contributed by atoms with E-state index >= 15 is 0 Å². The average Bonchev–Trinajstić information content (AvgIpc) is 1.63. The lowest BCUT2D eigenvalue weighted by Gasteiger charge is -2.26. The Morgan fingerprint density at radius 2 is 0.835 bits per heavy atom. The first-order chi connectivity index (χ1) is 60.9. The molecule has 2 aromatic heterocycles. The summed E-state index contributed by atoms with van der Waals surface area (Å²) in [7, 11) is 6.07. The summed E-state index contributed by atoms with van der Waals surface area (Å²) in [4.78, 5) is 165. The van der Waals surface area contributed by atoms with Gasteiger partial charge in [0, 0.05) is 70.6 Å². The first kappa shape index (κ1) is 85.0. The van der Waals surface area contributed by atoms with Gasteiger partial charge in [-0.05, 0) is 157 Å². The highest BCUT2D eigenvalue weighted by atomic mass is 35.5. The molecule has 10 aromatic rings. The second-order valence-corrected chi connectivity index (χ2v) is 32.9. The molecule has 4 atom stereocenters. The number of ether oxygens (including phenoxy) is 4. The summed E-state index contributed by atoms with van der Waals surface area (Å²) >= 11 is 8.59. The van der Waals surface area contributed by atoms with Crippen molar-refractivity contribution in [2.75, 3.05) is 65.7 Å². The molecule has 0 radical (unpaired) electrons. The fourth-order valence-corrected chi connectivity index (χ4v) is 16.9. The molecule has 8 aliphatic heterocycles. The van der Waals surface area contributed by atoms with Crippen LogP contribution in [0.15, 0.2) is 146 Å². The molecule has 0 spiro atoms. The van der Waals surface area contributed by atoms with Gasteiger partial charge in [-0.1, -0.05) is 118 Å². The van der Waals surface area contributed by atoms with Crippen LogP contribution in [0.3, 0.4) is 0 Å². The molecule has 0 bridgehead atoms. The summed E-state index contributed by atoms with van der Waals surface area (Å²) < 4.78 is 50.8. The van der Waals surface area contributed by atoms with Crippen LogP contribution < -0.4 is 72.5 Å². The van der Waals surface area contributed by atoms with Gasteiger partial charge in [-0.2, -0.15) is 0 Å². The zero-order valence-electron chi connectivity index (χ0n) is 67.7. The number of imide groups is 4. The summed E-state index contributed by atoms with van der Waals surface area (Å²) in [6, 6.07) is 38.1. The van der Waals surface area contributed by atoms with Crippen LogP contribution in [0.1, 0.15) is 104 Å². The highest BCUT2D eigenvalue weighted by Crippen LogP contribution is 2.37. The monoisotopic (exact) mass is 1770 g/mol. The highest BCUT2D eigenvalue weighted by Gasteiger charge is 2.53.